The van der Waals surface area contributed by atoms with E-state index in [2.05, 4.69) is 0 Å². The second-order valence-corrected chi connectivity index (χ2v) is 6.83. The largest absolute Gasteiger partial charge is 0.448 e. The van der Waals surface area contributed by atoms with Gasteiger partial charge in [-0.3, -0.25) is 10.1 Å². The first-order valence-electron chi connectivity index (χ1n) is 7.31. The molecular formula is C15H20N2O4S. The van der Waals surface area contributed by atoms with Crippen LogP contribution in [0.4, 0.5) is 4.79 Å². The van der Waals surface area contributed by atoms with Crippen molar-refractivity contribution in [2.75, 3.05) is 0 Å². The number of fused-ring (bicyclic) bond motifs is 1. The summed E-state index contributed by atoms with van der Waals surface area (Å²) in [6, 6.07) is 0.892. The van der Waals surface area contributed by atoms with E-state index in [4.69, 9.17) is 10.5 Å². The summed E-state index contributed by atoms with van der Waals surface area (Å²) < 4.78 is 5.29. The average molecular weight is 324 g/mol. The number of hydrogen-bond acceptors (Lipinski definition) is 5. The van der Waals surface area contributed by atoms with Crippen molar-refractivity contribution in [3.05, 3.63) is 21.4 Å². The van der Waals surface area contributed by atoms with Gasteiger partial charge in [0, 0.05) is 4.88 Å². The van der Waals surface area contributed by atoms with E-state index in [1.807, 2.05) is 11.4 Å². The van der Waals surface area contributed by atoms with Crippen LogP contribution >= 0.6 is 11.3 Å². The van der Waals surface area contributed by atoms with E-state index in [0.717, 1.165) is 25.7 Å². The zero-order valence-electron chi connectivity index (χ0n) is 12.7. The third kappa shape index (κ3) is 3.85. The number of carbonyl (C=O) groups excluding carboxylic acids is 3. The minimum atomic E-state index is -1.04. The fourth-order valence-corrected chi connectivity index (χ4v) is 3.59. The quantitative estimate of drug-likeness (QED) is 0.828. The topological polar surface area (TPSA) is 98.5 Å². The van der Waals surface area contributed by atoms with Gasteiger partial charge in [-0.25, -0.2) is 9.59 Å². The lowest BCUT2D eigenvalue weighted by molar-refractivity contribution is -0.130. The number of esters is 1. The highest BCUT2D eigenvalue weighted by Crippen LogP contribution is 2.30. The number of hydrogen-bond donors (Lipinski definition) is 2. The maximum atomic E-state index is 12.3. The van der Waals surface area contributed by atoms with Crippen molar-refractivity contribution < 1.29 is 19.1 Å². The van der Waals surface area contributed by atoms with Crippen LogP contribution in [-0.4, -0.2) is 24.0 Å². The number of amides is 3. The van der Waals surface area contributed by atoms with Crippen LogP contribution < -0.4 is 11.1 Å². The summed E-state index contributed by atoms with van der Waals surface area (Å²) in [5, 5.41) is 1.96. The summed E-state index contributed by atoms with van der Waals surface area (Å²) >= 11 is 1.42. The Morgan fingerprint density at radius 2 is 1.95 bits per heavy atom. The first kappa shape index (κ1) is 16.5. The van der Waals surface area contributed by atoms with Crippen LogP contribution in [0.2, 0.25) is 0 Å². The molecule has 2 rings (SSSR count). The molecule has 0 spiro atoms. The van der Waals surface area contributed by atoms with Gasteiger partial charge >= 0.3 is 12.0 Å². The minimum absolute atomic E-state index is 0.266. The predicted molar refractivity (Wildman–Crippen MR) is 82.7 cm³/mol. The molecule has 0 bridgehead atoms. The van der Waals surface area contributed by atoms with Gasteiger partial charge in [0.25, 0.3) is 5.91 Å². The lowest BCUT2D eigenvalue weighted by Crippen LogP contribution is -2.45. The zero-order valence-corrected chi connectivity index (χ0v) is 13.5. The second kappa shape index (κ2) is 6.91. The van der Waals surface area contributed by atoms with E-state index in [-0.39, 0.29) is 5.92 Å². The van der Waals surface area contributed by atoms with Crippen LogP contribution in [0.15, 0.2) is 6.07 Å². The minimum Gasteiger partial charge on any atom is -0.448 e. The van der Waals surface area contributed by atoms with Crippen molar-refractivity contribution in [3.63, 3.8) is 0 Å². The Balaban J connectivity index is 2.09. The number of nitrogens with two attached hydrogens (primary N) is 1. The number of carbonyl (C=O) groups is 3. The molecule has 1 atom stereocenters. The number of nitrogens with one attached hydrogen (secondary N) is 1. The molecular weight excluding hydrogens is 304 g/mol. The van der Waals surface area contributed by atoms with Crippen LogP contribution in [0.1, 0.15) is 46.8 Å². The van der Waals surface area contributed by atoms with Gasteiger partial charge < -0.3 is 10.5 Å². The third-order valence-electron chi connectivity index (χ3n) is 3.54. The normalized spacial score (nSPS) is 15.0. The SMILES string of the molecule is CC(C)[C@H](OC(=O)c1cc2c(s1)CCCC2)C(=O)NC(N)=O. The molecule has 3 N–H and O–H groups in total. The summed E-state index contributed by atoms with van der Waals surface area (Å²) in [7, 11) is 0. The highest BCUT2D eigenvalue weighted by atomic mass is 32.1. The highest BCUT2D eigenvalue weighted by Gasteiger charge is 2.29. The fraction of sp³-hybridized carbons (Fsp3) is 0.533. The molecule has 0 aromatic carbocycles. The van der Waals surface area contributed by atoms with Gasteiger partial charge in [0.1, 0.15) is 4.88 Å². The van der Waals surface area contributed by atoms with Gasteiger partial charge in [0.15, 0.2) is 6.10 Å². The lowest BCUT2D eigenvalue weighted by Gasteiger charge is -2.19. The maximum absolute atomic E-state index is 12.3. The third-order valence-corrected chi connectivity index (χ3v) is 4.76. The molecule has 7 heteroatoms. The van der Waals surface area contributed by atoms with Gasteiger partial charge in [-0.05, 0) is 43.2 Å². The number of primary amides is 1. The van der Waals surface area contributed by atoms with E-state index in [1.165, 1.54) is 21.8 Å². The Morgan fingerprint density at radius 1 is 1.27 bits per heavy atom. The summed E-state index contributed by atoms with van der Waals surface area (Å²) in [5.74, 6) is -1.49. The van der Waals surface area contributed by atoms with Gasteiger partial charge in [-0.2, -0.15) is 0 Å². The molecule has 0 saturated carbocycles. The van der Waals surface area contributed by atoms with E-state index in [0.29, 0.717) is 4.88 Å². The molecule has 0 aliphatic heterocycles. The van der Waals surface area contributed by atoms with Crippen molar-refractivity contribution in [2.45, 2.75) is 45.6 Å². The Bertz CT molecular complexity index is 571. The maximum Gasteiger partial charge on any atom is 0.349 e. The summed E-state index contributed by atoms with van der Waals surface area (Å²) in [6.45, 7) is 3.47. The van der Waals surface area contributed by atoms with Gasteiger partial charge in [0.2, 0.25) is 0 Å². The van der Waals surface area contributed by atoms with Crippen LogP contribution in [-0.2, 0) is 22.4 Å². The molecule has 22 heavy (non-hydrogen) atoms. The van der Waals surface area contributed by atoms with Crippen molar-refractivity contribution in [1.29, 1.82) is 0 Å². The van der Waals surface area contributed by atoms with Crippen molar-refractivity contribution in [2.24, 2.45) is 11.7 Å². The molecule has 1 aliphatic rings. The second-order valence-electron chi connectivity index (χ2n) is 5.69. The number of thiophene rings is 1. The summed E-state index contributed by atoms with van der Waals surface area (Å²) in [4.78, 5) is 36.6. The van der Waals surface area contributed by atoms with Crippen LogP contribution in [0.3, 0.4) is 0 Å². The van der Waals surface area contributed by atoms with E-state index >= 15 is 0 Å². The first-order valence-corrected chi connectivity index (χ1v) is 8.13. The van der Waals surface area contributed by atoms with E-state index in [9.17, 15) is 14.4 Å². The number of rotatable bonds is 4. The molecule has 0 unspecified atom stereocenters. The standard InChI is InChI=1S/C15H20N2O4S/c1-8(2)12(13(18)17-15(16)20)21-14(19)11-7-9-5-3-4-6-10(9)22-11/h7-8,12H,3-6H2,1-2H3,(H3,16,17,18,20)/t12-/m0/s1. The van der Waals surface area contributed by atoms with Gasteiger partial charge in [0.05, 0.1) is 0 Å². The van der Waals surface area contributed by atoms with Crippen LogP contribution in [0.25, 0.3) is 0 Å². The van der Waals surface area contributed by atoms with Gasteiger partial charge in [-0.1, -0.05) is 13.8 Å². The molecule has 1 aliphatic carbocycles. The Kier molecular flexibility index (Phi) is 5.18. The monoisotopic (exact) mass is 324 g/mol. The molecule has 3 amide bonds. The summed E-state index contributed by atoms with van der Waals surface area (Å²) in [5.41, 5.74) is 6.13. The summed E-state index contributed by atoms with van der Waals surface area (Å²) in [6.07, 6.45) is 3.20. The first-order chi connectivity index (χ1) is 10.4. The molecule has 6 nitrogen and oxygen atoms in total. The molecule has 1 heterocycles. The molecule has 1 aromatic rings. The zero-order chi connectivity index (χ0) is 16.3. The average Bonchev–Trinajstić information content (AvgIpc) is 2.87. The molecule has 120 valence electrons. The van der Waals surface area contributed by atoms with Crippen LogP contribution in [0, 0.1) is 5.92 Å². The molecule has 0 fully saturated rings. The predicted octanol–water partition coefficient (Wildman–Crippen LogP) is 2.00. The Morgan fingerprint density at radius 3 is 2.55 bits per heavy atom. The number of imide groups is 1. The van der Waals surface area contributed by atoms with Crippen LogP contribution in [0.5, 0.6) is 0 Å². The van der Waals surface area contributed by atoms with Crippen molar-refractivity contribution in [1.82, 2.24) is 5.32 Å². The smallest absolute Gasteiger partial charge is 0.349 e. The lowest BCUT2D eigenvalue weighted by atomic mass is 9.99. The Labute approximate surface area is 133 Å². The molecule has 0 saturated heterocycles. The number of aryl methyl sites for hydroxylation is 2. The molecule has 0 radical (unpaired) electrons. The molecule has 1 aromatic heterocycles. The fourth-order valence-electron chi connectivity index (χ4n) is 2.45. The van der Waals surface area contributed by atoms with E-state index < -0.39 is 24.0 Å². The van der Waals surface area contributed by atoms with Crippen molar-refractivity contribution in [3.8, 4) is 0 Å². The number of ether oxygens (including phenoxy) is 1. The van der Waals surface area contributed by atoms with Crippen molar-refractivity contribution >= 4 is 29.2 Å². The Hall–Kier alpha value is -1.89. The highest BCUT2D eigenvalue weighted by molar-refractivity contribution is 7.14. The van der Waals surface area contributed by atoms with Gasteiger partial charge in [-0.15, -0.1) is 11.3 Å². The number of urea groups is 1. The van der Waals surface area contributed by atoms with E-state index in [1.54, 1.807) is 13.8 Å².